The van der Waals surface area contributed by atoms with E-state index >= 15 is 0 Å². The Labute approximate surface area is 109 Å². The van der Waals surface area contributed by atoms with Gasteiger partial charge in [-0.15, -0.1) is 0 Å². The van der Waals surface area contributed by atoms with Gasteiger partial charge >= 0.3 is 0 Å². The smallest absolute Gasteiger partial charge is 0.145 e. The van der Waals surface area contributed by atoms with E-state index < -0.39 is 0 Å². The van der Waals surface area contributed by atoms with Crippen LogP contribution in [0.2, 0.25) is 0 Å². The molecular weight excluding hydrogens is 226 g/mol. The zero-order valence-electron chi connectivity index (χ0n) is 11.2. The molecule has 1 fully saturated rings. The van der Waals surface area contributed by atoms with Crippen LogP contribution < -0.4 is 16.6 Å². The normalized spacial score (nSPS) is 24.4. The average Bonchev–Trinajstić information content (AvgIpc) is 2.54. The minimum Gasteiger partial charge on any atom is -0.367 e. The number of aryl methyl sites for hydroxylation is 1. The number of nitrogens with one attached hydrogen (secondary N) is 2. The Bertz CT molecular complexity index is 393. The lowest BCUT2D eigenvalue weighted by Crippen LogP contribution is -2.20. The maximum Gasteiger partial charge on any atom is 0.145 e. The van der Waals surface area contributed by atoms with Crippen LogP contribution in [0.1, 0.15) is 44.9 Å². The molecule has 0 bridgehead atoms. The Morgan fingerprint density at radius 2 is 1.94 bits per heavy atom. The Morgan fingerprint density at radius 1 is 1.17 bits per heavy atom. The first-order valence-electron chi connectivity index (χ1n) is 6.76. The topological polar surface area (TPSA) is 75.9 Å². The van der Waals surface area contributed by atoms with E-state index in [0.29, 0.717) is 11.9 Å². The third-order valence-corrected chi connectivity index (χ3v) is 3.60. The highest BCUT2D eigenvalue weighted by molar-refractivity contribution is 5.47. The number of nitrogens with zero attached hydrogens (tertiary/aromatic N) is 2. The molecule has 0 spiro atoms. The van der Waals surface area contributed by atoms with E-state index in [1.807, 2.05) is 13.0 Å². The van der Waals surface area contributed by atoms with Crippen LogP contribution >= 0.6 is 0 Å². The van der Waals surface area contributed by atoms with Crippen molar-refractivity contribution in [2.75, 3.05) is 10.7 Å². The van der Waals surface area contributed by atoms with Gasteiger partial charge in [0.05, 0.1) is 0 Å². The molecule has 5 heteroatoms. The van der Waals surface area contributed by atoms with Gasteiger partial charge in [-0.05, 0) is 32.1 Å². The van der Waals surface area contributed by atoms with Gasteiger partial charge in [-0.2, -0.15) is 0 Å². The maximum absolute atomic E-state index is 5.40. The summed E-state index contributed by atoms with van der Waals surface area (Å²) in [5.41, 5.74) is 2.57. The summed E-state index contributed by atoms with van der Waals surface area (Å²) in [6, 6.07) is 2.39. The van der Waals surface area contributed by atoms with Crippen molar-refractivity contribution in [3.63, 3.8) is 0 Å². The first-order chi connectivity index (χ1) is 8.67. The van der Waals surface area contributed by atoms with Crippen molar-refractivity contribution in [1.82, 2.24) is 9.97 Å². The van der Waals surface area contributed by atoms with Crippen molar-refractivity contribution in [3.8, 4) is 0 Å². The lowest BCUT2D eigenvalue weighted by Gasteiger charge is -2.17. The van der Waals surface area contributed by atoms with E-state index in [9.17, 15) is 0 Å². The molecule has 0 saturated heterocycles. The van der Waals surface area contributed by atoms with Gasteiger partial charge in [0.1, 0.15) is 17.5 Å². The summed E-state index contributed by atoms with van der Waals surface area (Å²) in [4.78, 5) is 8.60. The first kappa shape index (κ1) is 13.1. The van der Waals surface area contributed by atoms with E-state index in [1.165, 1.54) is 32.1 Å². The Balaban J connectivity index is 2.01. The molecule has 5 nitrogen and oxygen atoms in total. The first-order valence-corrected chi connectivity index (χ1v) is 6.76. The zero-order valence-corrected chi connectivity index (χ0v) is 11.2. The summed E-state index contributed by atoms with van der Waals surface area (Å²) < 4.78 is 0. The SMILES string of the molecule is Cc1nc(NN)cc(NC2CCCC(C)CC2)n1. The van der Waals surface area contributed by atoms with Crippen LogP contribution in [0, 0.1) is 12.8 Å². The number of aromatic nitrogens is 2. The second-order valence-electron chi connectivity index (χ2n) is 5.28. The quantitative estimate of drug-likeness (QED) is 0.436. The highest BCUT2D eigenvalue weighted by atomic mass is 15.3. The van der Waals surface area contributed by atoms with Gasteiger partial charge in [-0.3, -0.25) is 0 Å². The fourth-order valence-corrected chi connectivity index (χ4v) is 2.56. The van der Waals surface area contributed by atoms with Gasteiger partial charge in [0, 0.05) is 12.1 Å². The number of hydrogen-bond acceptors (Lipinski definition) is 5. The van der Waals surface area contributed by atoms with E-state index in [0.717, 1.165) is 17.6 Å². The molecule has 2 unspecified atom stereocenters. The average molecular weight is 249 g/mol. The predicted molar refractivity (Wildman–Crippen MR) is 74.2 cm³/mol. The molecule has 18 heavy (non-hydrogen) atoms. The van der Waals surface area contributed by atoms with E-state index in [-0.39, 0.29) is 0 Å². The van der Waals surface area contributed by atoms with E-state index in [2.05, 4.69) is 27.6 Å². The largest absolute Gasteiger partial charge is 0.367 e. The number of hydrazine groups is 1. The number of nitrogens with two attached hydrogens (primary N) is 1. The second kappa shape index (κ2) is 6.00. The maximum atomic E-state index is 5.40. The van der Waals surface area contributed by atoms with E-state index in [4.69, 9.17) is 5.84 Å². The summed E-state index contributed by atoms with van der Waals surface area (Å²) in [6.07, 6.45) is 6.37. The van der Waals surface area contributed by atoms with Crippen molar-refractivity contribution in [3.05, 3.63) is 11.9 Å². The van der Waals surface area contributed by atoms with Crippen molar-refractivity contribution in [1.29, 1.82) is 0 Å². The molecule has 1 aliphatic rings. The van der Waals surface area contributed by atoms with Gasteiger partial charge in [0.2, 0.25) is 0 Å². The standard InChI is InChI=1S/C13H23N5/c1-9-4-3-5-11(7-6-9)17-12-8-13(18-14)16-10(2)15-12/h8-9,11H,3-7,14H2,1-2H3,(H2,15,16,17,18). The molecule has 1 aliphatic carbocycles. The minimum atomic E-state index is 0.523. The number of nitrogen functional groups attached to an aromatic ring is 1. The lowest BCUT2D eigenvalue weighted by atomic mass is 10.0. The summed E-state index contributed by atoms with van der Waals surface area (Å²) in [7, 11) is 0. The molecule has 0 aromatic carbocycles. The third-order valence-electron chi connectivity index (χ3n) is 3.60. The fraction of sp³-hybridized carbons (Fsp3) is 0.692. The summed E-state index contributed by atoms with van der Waals surface area (Å²) in [6.45, 7) is 4.22. The minimum absolute atomic E-state index is 0.523. The van der Waals surface area contributed by atoms with Crippen LogP contribution in [0.25, 0.3) is 0 Å². The molecule has 1 heterocycles. The predicted octanol–water partition coefficient (Wildman–Crippen LogP) is 2.45. The Kier molecular flexibility index (Phi) is 4.36. The van der Waals surface area contributed by atoms with Crippen molar-refractivity contribution in [2.24, 2.45) is 11.8 Å². The Morgan fingerprint density at radius 3 is 2.72 bits per heavy atom. The third kappa shape index (κ3) is 3.57. The van der Waals surface area contributed by atoms with Crippen LogP contribution in [0.4, 0.5) is 11.6 Å². The van der Waals surface area contributed by atoms with Gasteiger partial charge in [0.15, 0.2) is 0 Å². The molecule has 1 aromatic rings. The van der Waals surface area contributed by atoms with E-state index in [1.54, 1.807) is 0 Å². The van der Waals surface area contributed by atoms with Crippen molar-refractivity contribution >= 4 is 11.6 Å². The molecule has 1 aromatic heterocycles. The van der Waals surface area contributed by atoms with Crippen LogP contribution in [0.5, 0.6) is 0 Å². The highest BCUT2D eigenvalue weighted by Gasteiger charge is 2.16. The van der Waals surface area contributed by atoms with Crippen molar-refractivity contribution in [2.45, 2.75) is 52.0 Å². The second-order valence-corrected chi connectivity index (χ2v) is 5.28. The summed E-state index contributed by atoms with van der Waals surface area (Å²) in [5.74, 6) is 8.51. The van der Waals surface area contributed by atoms with Gasteiger partial charge in [-0.1, -0.05) is 19.8 Å². The summed E-state index contributed by atoms with van der Waals surface area (Å²) in [5, 5.41) is 3.51. The van der Waals surface area contributed by atoms with Gasteiger partial charge in [-0.25, -0.2) is 15.8 Å². The zero-order chi connectivity index (χ0) is 13.0. The fourth-order valence-electron chi connectivity index (χ4n) is 2.56. The van der Waals surface area contributed by atoms with Crippen LogP contribution in [-0.4, -0.2) is 16.0 Å². The molecule has 2 rings (SSSR count). The molecule has 1 saturated carbocycles. The van der Waals surface area contributed by atoms with Gasteiger partial charge in [0.25, 0.3) is 0 Å². The highest BCUT2D eigenvalue weighted by Crippen LogP contribution is 2.24. The Hall–Kier alpha value is -1.36. The number of rotatable bonds is 3. The summed E-state index contributed by atoms with van der Waals surface area (Å²) >= 11 is 0. The molecular formula is C13H23N5. The molecule has 4 N–H and O–H groups in total. The number of hydrogen-bond donors (Lipinski definition) is 3. The molecule has 2 atom stereocenters. The molecule has 0 radical (unpaired) electrons. The molecule has 100 valence electrons. The van der Waals surface area contributed by atoms with Crippen LogP contribution in [0.3, 0.4) is 0 Å². The molecule has 0 aliphatic heterocycles. The van der Waals surface area contributed by atoms with Crippen LogP contribution in [-0.2, 0) is 0 Å². The number of anilines is 2. The van der Waals surface area contributed by atoms with Gasteiger partial charge < -0.3 is 10.7 Å². The monoisotopic (exact) mass is 249 g/mol. The van der Waals surface area contributed by atoms with Crippen LogP contribution in [0.15, 0.2) is 6.07 Å². The lowest BCUT2D eigenvalue weighted by molar-refractivity contribution is 0.502. The molecule has 0 amide bonds. The van der Waals surface area contributed by atoms with Crippen molar-refractivity contribution < 1.29 is 0 Å².